The fraction of sp³-hybridized carbons (Fsp3) is 0.300. The van der Waals surface area contributed by atoms with Crippen molar-refractivity contribution in [1.29, 1.82) is 0 Å². The van der Waals surface area contributed by atoms with Crippen LogP contribution >= 0.6 is 15.9 Å². The van der Waals surface area contributed by atoms with E-state index < -0.39 is 6.10 Å². The SMILES string of the molecule is CC(C)CN1C(=O)C(C)Oc2cc(NC(=O)c3ccc(Br)cc3)ccc21. The van der Waals surface area contributed by atoms with Crippen molar-refractivity contribution < 1.29 is 14.3 Å². The second-order valence-corrected chi connectivity index (χ2v) is 7.66. The summed E-state index contributed by atoms with van der Waals surface area (Å²) < 4.78 is 6.67. The molecule has 1 atom stereocenters. The normalized spacial score (nSPS) is 16.3. The number of hydrogen-bond donors (Lipinski definition) is 1. The summed E-state index contributed by atoms with van der Waals surface area (Å²) in [5.41, 5.74) is 1.93. The molecule has 6 heteroatoms. The van der Waals surface area contributed by atoms with Gasteiger partial charge in [-0.25, -0.2) is 0 Å². The van der Waals surface area contributed by atoms with Crippen LogP contribution in [0.1, 0.15) is 31.1 Å². The molecule has 136 valence electrons. The number of rotatable bonds is 4. The van der Waals surface area contributed by atoms with E-state index >= 15 is 0 Å². The van der Waals surface area contributed by atoms with Crippen molar-refractivity contribution in [2.24, 2.45) is 5.92 Å². The number of ether oxygens (including phenoxy) is 1. The Morgan fingerprint density at radius 2 is 1.92 bits per heavy atom. The lowest BCUT2D eigenvalue weighted by atomic mass is 10.1. The highest BCUT2D eigenvalue weighted by Crippen LogP contribution is 2.36. The first-order valence-electron chi connectivity index (χ1n) is 8.54. The number of benzene rings is 2. The fourth-order valence-corrected chi connectivity index (χ4v) is 3.11. The zero-order chi connectivity index (χ0) is 18.8. The van der Waals surface area contributed by atoms with Crippen LogP contribution in [0.2, 0.25) is 0 Å². The summed E-state index contributed by atoms with van der Waals surface area (Å²) >= 11 is 3.36. The molecule has 0 spiro atoms. The highest BCUT2D eigenvalue weighted by atomic mass is 79.9. The van der Waals surface area contributed by atoms with Gasteiger partial charge in [-0.05, 0) is 49.2 Å². The van der Waals surface area contributed by atoms with Gasteiger partial charge in [-0.3, -0.25) is 9.59 Å². The van der Waals surface area contributed by atoms with E-state index in [2.05, 4.69) is 35.1 Å². The quantitative estimate of drug-likeness (QED) is 0.799. The summed E-state index contributed by atoms with van der Waals surface area (Å²) in [7, 11) is 0. The summed E-state index contributed by atoms with van der Waals surface area (Å²) in [6, 6.07) is 12.5. The van der Waals surface area contributed by atoms with Crippen LogP contribution in [0, 0.1) is 5.92 Å². The van der Waals surface area contributed by atoms with Gasteiger partial charge >= 0.3 is 0 Å². The van der Waals surface area contributed by atoms with E-state index in [1.165, 1.54) is 0 Å². The smallest absolute Gasteiger partial charge is 0.267 e. The summed E-state index contributed by atoms with van der Waals surface area (Å²) in [5, 5.41) is 2.87. The third-order valence-electron chi connectivity index (χ3n) is 4.08. The van der Waals surface area contributed by atoms with Gasteiger partial charge in [0.1, 0.15) is 5.75 Å². The average Bonchev–Trinajstić information content (AvgIpc) is 2.59. The fourth-order valence-electron chi connectivity index (χ4n) is 2.85. The Morgan fingerprint density at radius 1 is 1.23 bits per heavy atom. The van der Waals surface area contributed by atoms with E-state index in [1.807, 2.05) is 18.2 Å². The van der Waals surface area contributed by atoms with Gasteiger partial charge in [0.15, 0.2) is 6.10 Å². The van der Waals surface area contributed by atoms with Gasteiger partial charge in [0, 0.05) is 28.3 Å². The van der Waals surface area contributed by atoms with Crippen molar-refractivity contribution in [3.8, 4) is 5.75 Å². The van der Waals surface area contributed by atoms with Crippen LogP contribution in [0.25, 0.3) is 0 Å². The van der Waals surface area contributed by atoms with E-state index in [0.29, 0.717) is 29.5 Å². The number of hydrogen-bond acceptors (Lipinski definition) is 3. The van der Waals surface area contributed by atoms with Gasteiger partial charge in [-0.1, -0.05) is 29.8 Å². The number of halogens is 1. The van der Waals surface area contributed by atoms with Crippen LogP contribution in [0.3, 0.4) is 0 Å². The van der Waals surface area contributed by atoms with Crippen LogP contribution in [0.15, 0.2) is 46.9 Å². The van der Waals surface area contributed by atoms with E-state index in [-0.39, 0.29) is 11.8 Å². The minimum atomic E-state index is -0.543. The Hall–Kier alpha value is -2.34. The molecule has 0 bridgehead atoms. The molecule has 3 rings (SSSR count). The first-order chi connectivity index (χ1) is 12.3. The molecule has 2 amide bonds. The number of amides is 2. The highest BCUT2D eigenvalue weighted by molar-refractivity contribution is 9.10. The minimum absolute atomic E-state index is 0.0437. The number of carbonyl (C=O) groups is 2. The average molecular weight is 417 g/mol. The van der Waals surface area contributed by atoms with E-state index in [1.54, 1.807) is 36.1 Å². The maximum Gasteiger partial charge on any atom is 0.267 e. The number of fused-ring (bicyclic) bond motifs is 1. The number of anilines is 2. The van der Waals surface area contributed by atoms with Crippen molar-refractivity contribution in [1.82, 2.24) is 0 Å². The first-order valence-corrected chi connectivity index (χ1v) is 9.33. The molecule has 0 saturated carbocycles. The molecule has 5 nitrogen and oxygen atoms in total. The standard InChI is InChI=1S/C20H21BrN2O3/c1-12(2)11-23-17-9-8-16(10-18(17)26-13(3)20(23)25)22-19(24)14-4-6-15(21)7-5-14/h4-10,12-13H,11H2,1-3H3,(H,22,24). The monoisotopic (exact) mass is 416 g/mol. The molecule has 0 saturated heterocycles. The Bertz CT molecular complexity index is 833. The van der Waals surface area contributed by atoms with Crippen LogP contribution in [0.5, 0.6) is 5.75 Å². The van der Waals surface area contributed by atoms with Gasteiger partial charge in [-0.2, -0.15) is 0 Å². The van der Waals surface area contributed by atoms with Gasteiger partial charge < -0.3 is 15.0 Å². The predicted molar refractivity (Wildman–Crippen MR) is 106 cm³/mol. The van der Waals surface area contributed by atoms with Crippen molar-refractivity contribution in [3.63, 3.8) is 0 Å². The Labute approximate surface area is 161 Å². The summed E-state index contributed by atoms with van der Waals surface area (Å²) in [5.74, 6) is 0.703. The molecule has 2 aromatic rings. The van der Waals surface area contributed by atoms with Crippen molar-refractivity contribution in [2.45, 2.75) is 26.9 Å². The molecule has 0 fully saturated rings. The molecule has 2 aromatic carbocycles. The lowest BCUT2D eigenvalue weighted by molar-refractivity contribution is -0.125. The van der Waals surface area contributed by atoms with Gasteiger partial charge in [0.2, 0.25) is 0 Å². The molecule has 1 N–H and O–H groups in total. The van der Waals surface area contributed by atoms with E-state index in [0.717, 1.165) is 10.2 Å². The zero-order valence-electron chi connectivity index (χ0n) is 15.0. The number of nitrogens with one attached hydrogen (secondary N) is 1. The maximum atomic E-state index is 12.4. The molecular formula is C20H21BrN2O3. The molecule has 0 aromatic heterocycles. The molecule has 26 heavy (non-hydrogen) atoms. The second kappa shape index (κ2) is 7.50. The van der Waals surface area contributed by atoms with Crippen molar-refractivity contribution in [3.05, 3.63) is 52.5 Å². The predicted octanol–water partition coefficient (Wildman–Crippen LogP) is 4.47. The molecule has 1 unspecified atom stereocenters. The number of carbonyl (C=O) groups excluding carboxylic acids is 2. The highest BCUT2D eigenvalue weighted by Gasteiger charge is 2.32. The Balaban J connectivity index is 1.84. The Kier molecular flexibility index (Phi) is 5.32. The summed E-state index contributed by atoms with van der Waals surface area (Å²) in [4.78, 5) is 26.6. The zero-order valence-corrected chi connectivity index (χ0v) is 16.5. The number of nitrogens with zero attached hydrogens (tertiary/aromatic N) is 1. The van der Waals surface area contributed by atoms with E-state index in [4.69, 9.17) is 4.74 Å². The van der Waals surface area contributed by atoms with Gasteiger partial charge in [0.05, 0.1) is 5.69 Å². The summed E-state index contributed by atoms with van der Waals surface area (Å²) in [6.45, 7) is 6.51. The van der Waals surface area contributed by atoms with Crippen LogP contribution in [-0.2, 0) is 4.79 Å². The molecule has 0 aliphatic carbocycles. The lowest BCUT2D eigenvalue weighted by Gasteiger charge is -2.34. The van der Waals surface area contributed by atoms with E-state index in [9.17, 15) is 9.59 Å². The third-order valence-corrected chi connectivity index (χ3v) is 4.61. The topological polar surface area (TPSA) is 58.6 Å². The Morgan fingerprint density at radius 3 is 2.58 bits per heavy atom. The van der Waals surface area contributed by atoms with Crippen LogP contribution in [0.4, 0.5) is 11.4 Å². The molecule has 0 radical (unpaired) electrons. The molecule has 1 heterocycles. The minimum Gasteiger partial charge on any atom is -0.479 e. The largest absolute Gasteiger partial charge is 0.479 e. The van der Waals surface area contributed by atoms with Crippen LogP contribution in [-0.4, -0.2) is 24.5 Å². The molecular weight excluding hydrogens is 396 g/mol. The third kappa shape index (κ3) is 3.90. The molecule has 1 aliphatic rings. The maximum absolute atomic E-state index is 12.4. The summed E-state index contributed by atoms with van der Waals surface area (Å²) in [6.07, 6.45) is -0.543. The molecule has 1 aliphatic heterocycles. The van der Waals surface area contributed by atoms with Gasteiger partial charge in [0.25, 0.3) is 11.8 Å². The second-order valence-electron chi connectivity index (χ2n) is 6.75. The first kappa shape index (κ1) is 18.5. The van der Waals surface area contributed by atoms with Crippen molar-refractivity contribution >= 4 is 39.1 Å². The lowest BCUT2D eigenvalue weighted by Crippen LogP contribution is -2.46. The van der Waals surface area contributed by atoms with Crippen LogP contribution < -0.4 is 15.0 Å². The van der Waals surface area contributed by atoms with Crippen molar-refractivity contribution in [2.75, 3.05) is 16.8 Å². The van der Waals surface area contributed by atoms with Gasteiger partial charge in [-0.15, -0.1) is 0 Å².